The van der Waals surface area contributed by atoms with Gasteiger partial charge in [-0.3, -0.25) is 19.3 Å². The summed E-state index contributed by atoms with van der Waals surface area (Å²) in [4.78, 5) is 40.1. The average molecular weight is 490 g/mol. The molecule has 0 aliphatic carbocycles. The minimum absolute atomic E-state index is 0.277. The molecule has 37 heavy (non-hydrogen) atoms. The molecule has 7 heteroatoms. The number of hydrogen-bond donors (Lipinski definition) is 0. The minimum atomic E-state index is -0.701. The van der Waals surface area contributed by atoms with E-state index in [0.717, 1.165) is 27.6 Å². The van der Waals surface area contributed by atoms with Crippen LogP contribution in [0, 0.1) is 0 Å². The fraction of sp³-hybridized carbons (Fsp3) is 0.133. The van der Waals surface area contributed by atoms with Gasteiger partial charge in [-0.15, -0.1) is 0 Å². The number of nitrogens with zero attached hydrogens (tertiary/aromatic N) is 3. The van der Waals surface area contributed by atoms with Crippen molar-refractivity contribution in [2.24, 2.45) is 5.10 Å². The van der Waals surface area contributed by atoms with Crippen molar-refractivity contribution in [3.05, 3.63) is 108 Å². The number of methoxy groups -OCH3 is 1. The number of hydrazone groups is 1. The third kappa shape index (κ3) is 3.85. The summed E-state index contributed by atoms with van der Waals surface area (Å²) in [7, 11) is 1.61. The number of amides is 2. The number of benzene rings is 4. The van der Waals surface area contributed by atoms with Gasteiger partial charge in [0.15, 0.2) is 0 Å². The molecule has 2 aliphatic heterocycles. The lowest BCUT2D eigenvalue weighted by molar-refractivity contribution is -0.132. The highest BCUT2D eigenvalue weighted by molar-refractivity contribution is 6.52. The van der Waals surface area contributed by atoms with E-state index >= 15 is 0 Å². The van der Waals surface area contributed by atoms with Crippen molar-refractivity contribution in [1.82, 2.24) is 5.01 Å². The molecule has 0 fully saturated rings. The Morgan fingerprint density at radius 1 is 0.892 bits per heavy atom. The van der Waals surface area contributed by atoms with E-state index in [4.69, 9.17) is 9.84 Å². The molecule has 0 bridgehead atoms. The van der Waals surface area contributed by atoms with Gasteiger partial charge in [0.05, 0.1) is 30.1 Å². The largest absolute Gasteiger partial charge is 0.497 e. The van der Waals surface area contributed by atoms with Gasteiger partial charge in [0.1, 0.15) is 12.3 Å². The maximum absolute atomic E-state index is 13.7. The molecule has 4 aromatic carbocycles. The van der Waals surface area contributed by atoms with Crippen LogP contribution in [-0.4, -0.2) is 42.0 Å². The summed E-state index contributed by atoms with van der Waals surface area (Å²) in [5, 5.41) is 8.40. The number of anilines is 1. The van der Waals surface area contributed by atoms with Gasteiger partial charge >= 0.3 is 0 Å². The van der Waals surface area contributed by atoms with E-state index in [9.17, 15) is 14.4 Å². The Balaban J connectivity index is 1.38. The zero-order valence-corrected chi connectivity index (χ0v) is 20.1. The highest BCUT2D eigenvalue weighted by Gasteiger charge is 2.40. The Morgan fingerprint density at radius 3 is 2.41 bits per heavy atom. The van der Waals surface area contributed by atoms with Gasteiger partial charge in [-0.25, -0.2) is 5.01 Å². The van der Waals surface area contributed by atoms with Crippen LogP contribution in [0.2, 0.25) is 0 Å². The number of ketones is 1. The Morgan fingerprint density at radius 2 is 1.59 bits per heavy atom. The molecule has 6 rings (SSSR count). The van der Waals surface area contributed by atoms with Gasteiger partial charge in [-0.05, 0) is 40.6 Å². The number of para-hydroxylation sites is 1. The van der Waals surface area contributed by atoms with E-state index in [1.807, 2.05) is 66.7 Å². The number of Topliss-reactive ketones (excluding diaryl/α,β-unsaturated/α-hetero) is 1. The molecule has 1 atom stereocenters. The third-order valence-corrected chi connectivity index (χ3v) is 6.94. The second-order valence-corrected chi connectivity index (χ2v) is 9.04. The molecule has 0 saturated carbocycles. The molecular weight excluding hydrogens is 466 g/mol. The molecular formula is C30H23N3O4. The second-order valence-electron chi connectivity index (χ2n) is 9.04. The molecule has 0 aromatic heterocycles. The summed E-state index contributed by atoms with van der Waals surface area (Å²) in [5.74, 6) is -0.953. The number of fused-ring (bicyclic) bond motifs is 2. The SMILES string of the molecule is COc1ccc(C2CC(c3cccc4ccccc34)=NN2C(=O)CN2C(=O)C(=O)c3ccccc32)cc1. The first kappa shape index (κ1) is 22.7. The van der Waals surface area contributed by atoms with Crippen molar-refractivity contribution in [3.63, 3.8) is 0 Å². The fourth-order valence-electron chi connectivity index (χ4n) is 5.08. The first-order valence-corrected chi connectivity index (χ1v) is 12.0. The lowest BCUT2D eigenvalue weighted by Crippen LogP contribution is -2.40. The summed E-state index contributed by atoms with van der Waals surface area (Å²) < 4.78 is 5.30. The lowest BCUT2D eigenvalue weighted by atomic mass is 9.95. The van der Waals surface area contributed by atoms with Crippen LogP contribution in [0.4, 0.5) is 5.69 Å². The standard InChI is InChI=1S/C30H23N3O4/c1-37-21-15-13-20(14-16-21)27-17-25(23-11-6-8-19-7-2-3-9-22(19)23)31-33(27)28(34)18-32-26-12-5-4-10-24(26)29(35)30(32)36/h2-16,27H,17-18H2,1H3. The molecule has 4 aromatic rings. The van der Waals surface area contributed by atoms with Crippen LogP contribution in [-0.2, 0) is 9.59 Å². The Kier molecular flexibility index (Phi) is 5.53. The monoisotopic (exact) mass is 489 g/mol. The van der Waals surface area contributed by atoms with Crippen LogP contribution in [0.1, 0.15) is 33.9 Å². The highest BCUT2D eigenvalue weighted by Crippen LogP contribution is 2.36. The summed E-state index contributed by atoms with van der Waals surface area (Å²) in [6, 6.07) is 28.0. The first-order valence-electron chi connectivity index (χ1n) is 12.0. The van der Waals surface area contributed by atoms with Crippen LogP contribution < -0.4 is 9.64 Å². The first-order chi connectivity index (χ1) is 18.0. The van der Waals surface area contributed by atoms with Crippen molar-refractivity contribution in [3.8, 4) is 5.75 Å². The number of carbonyl (C=O) groups is 3. The Hall–Kier alpha value is -4.78. The summed E-state index contributed by atoms with van der Waals surface area (Å²) in [6.45, 7) is -0.277. The second kappa shape index (κ2) is 9.02. The summed E-state index contributed by atoms with van der Waals surface area (Å²) in [5.41, 5.74) is 3.41. The van der Waals surface area contributed by atoms with Crippen molar-refractivity contribution < 1.29 is 19.1 Å². The normalized spacial score (nSPS) is 16.8. The maximum Gasteiger partial charge on any atom is 0.299 e. The van der Waals surface area contributed by atoms with E-state index in [1.165, 1.54) is 9.91 Å². The van der Waals surface area contributed by atoms with Crippen LogP contribution in [0.5, 0.6) is 5.75 Å². The van der Waals surface area contributed by atoms with Crippen molar-refractivity contribution in [1.29, 1.82) is 0 Å². The smallest absolute Gasteiger partial charge is 0.299 e. The Bertz CT molecular complexity index is 1590. The van der Waals surface area contributed by atoms with Crippen molar-refractivity contribution in [2.75, 3.05) is 18.6 Å². The highest BCUT2D eigenvalue weighted by atomic mass is 16.5. The van der Waals surface area contributed by atoms with Gasteiger partial charge < -0.3 is 4.74 Å². The van der Waals surface area contributed by atoms with Crippen LogP contribution >= 0.6 is 0 Å². The average Bonchev–Trinajstić information content (AvgIpc) is 3.49. The van der Waals surface area contributed by atoms with Gasteiger partial charge in [-0.1, -0.05) is 66.7 Å². The molecule has 7 nitrogen and oxygen atoms in total. The van der Waals surface area contributed by atoms with Gasteiger partial charge in [0.2, 0.25) is 0 Å². The molecule has 2 aliphatic rings. The van der Waals surface area contributed by atoms with E-state index in [0.29, 0.717) is 23.4 Å². The number of carbonyl (C=O) groups excluding carboxylic acids is 3. The molecule has 2 heterocycles. The molecule has 2 amide bonds. The van der Waals surface area contributed by atoms with E-state index in [-0.39, 0.29) is 18.5 Å². The summed E-state index contributed by atoms with van der Waals surface area (Å²) >= 11 is 0. The van der Waals surface area contributed by atoms with Crippen LogP contribution in [0.25, 0.3) is 10.8 Å². The summed E-state index contributed by atoms with van der Waals surface area (Å²) in [6.07, 6.45) is 0.509. The van der Waals surface area contributed by atoms with Crippen LogP contribution in [0.3, 0.4) is 0 Å². The molecule has 0 spiro atoms. The molecule has 0 N–H and O–H groups in total. The number of rotatable bonds is 5. The topological polar surface area (TPSA) is 79.3 Å². The van der Waals surface area contributed by atoms with Gasteiger partial charge in [0, 0.05) is 12.0 Å². The maximum atomic E-state index is 13.7. The van der Waals surface area contributed by atoms with E-state index in [1.54, 1.807) is 31.4 Å². The van der Waals surface area contributed by atoms with Crippen LogP contribution in [0.15, 0.2) is 96.1 Å². The lowest BCUT2D eigenvalue weighted by Gasteiger charge is -2.25. The quantitative estimate of drug-likeness (QED) is 0.379. The predicted octanol–water partition coefficient (Wildman–Crippen LogP) is 4.76. The predicted molar refractivity (Wildman–Crippen MR) is 141 cm³/mol. The van der Waals surface area contributed by atoms with Crippen molar-refractivity contribution in [2.45, 2.75) is 12.5 Å². The van der Waals surface area contributed by atoms with Gasteiger partial charge in [0.25, 0.3) is 17.6 Å². The minimum Gasteiger partial charge on any atom is -0.497 e. The van der Waals surface area contributed by atoms with Crippen molar-refractivity contribution >= 4 is 39.8 Å². The molecule has 182 valence electrons. The number of hydrogen-bond acceptors (Lipinski definition) is 5. The van der Waals surface area contributed by atoms with Gasteiger partial charge in [-0.2, -0.15) is 5.10 Å². The number of ether oxygens (including phenoxy) is 1. The third-order valence-electron chi connectivity index (χ3n) is 6.94. The molecule has 1 unspecified atom stereocenters. The zero-order valence-electron chi connectivity index (χ0n) is 20.1. The van der Waals surface area contributed by atoms with E-state index < -0.39 is 11.7 Å². The Labute approximate surface area is 213 Å². The zero-order chi connectivity index (χ0) is 25.5. The molecule has 0 saturated heterocycles. The fourth-order valence-corrected chi connectivity index (χ4v) is 5.08. The molecule has 0 radical (unpaired) electrons. The van der Waals surface area contributed by atoms with E-state index in [2.05, 4.69) is 0 Å².